The standard InChI is InChI=1S/C20H19N3O4S/c1-14-3-11-19(12-4-14)28(25,26)23-17-8-6-16(7-9-17)20(24)22-21-13-18-10-5-15(2)27-18/h3-13,23H,1-2H3,(H,22,24)/b21-13+. The first kappa shape index (κ1) is 19.4. The summed E-state index contributed by atoms with van der Waals surface area (Å²) in [6.45, 7) is 3.69. The van der Waals surface area contributed by atoms with Crippen molar-refractivity contribution < 1.29 is 17.6 Å². The Morgan fingerprint density at radius 2 is 1.64 bits per heavy atom. The lowest BCUT2D eigenvalue weighted by Gasteiger charge is -2.09. The molecule has 0 aliphatic carbocycles. The minimum Gasteiger partial charge on any atom is -0.460 e. The van der Waals surface area contributed by atoms with Gasteiger partial charge in [0.1, 0.15) is 11.5 Å². The number of furan rings is 1. The van der Waals surface area contributed by atoms with Crippen LogP contribution in [0.3, 0.4) is 0 Å². The van der Waals surface area contributed by atoms with Crippen LogP contribution in [-0.4, -0.2) is 20.5 Å². The van der Waals surface area contributed by atoms with E-state index >= 15 is 0 Å². The maximum atomic E-state index is 12.4. The summed E-state index contributed by atoms with van der Waals surface area (Å²) in [6, 6.07) is 16.1. The molecule has 3 aromatic rings. The molecule has 3 rings (SSSR count). The molecule has 0 saturated carbocycles. The van der Waals surface area contributed by atoms with E-state index in [1.165, 1.54) is 42.6 Å². The number of sulfonamides is 1. The van der Waals surface area contributed by atoms with Gasteiger partial charge in [-0.2, -0.15) is 5.10 Å². The number of aryl methyl sites for hydroxylation is 2. The average Bonchev–Trinajstić information content (AvgIpc) is 3.07. The maximum absolute atomic E-state index is 12.4. The number of hydrazone groups is 1. The lowest BCUT2D eigenvalue weighted by Crippen LogP contribution is -2.18. The molecule has 1 amide bonds. The first-order valence-corrected chi connectivity index (χ1v) is 9.91. The predicted molar refractivity (Wildman–Crippen MR) is 107 cm³/mol. The Kier molecular flexibility index (Phi) is 5.60. The lowest BCUT2D eigenvalue weighted by atomic mass is 10.2. The zero-order valence-electron chi connectivity index (χ0n) is 15.3. The second kappa shape index (κ2) is 8.10. The van der Waals surface area contributed by atoms with Crippen LogP contribution >= 0.6 is 0 Å². The second-order valence-electron chi connectivity index (χ2n) is 6.14. The van der Waals surface area contributed by atoms with Crippen molar-refractivity contribution in [1.29, 1.82) is 0 Å². The summed E-state index contributed by atoms with van der Waals surface area (Å²) in [5.41, 5.74) is 4.05. The molecule has 0 atom stereocenters. The number of rotatable bonds is 6. The zero-order valence-corrected chi connectivity index (χ0v) is 16.2. The molecule has 2 N–H and O–H groups in total. The fraction of sp³-hybridized carbons (Fsp3) is 0.100. The molecule has 0 spiro atoms. The van der Waals surface area contributed by atoms with Crippen LogP contribution in [0.2, 0.25) is 0 Å². The minimum absolute atomic E-state index is 0.169. The highest BCUT2D eigenvalue weighted by Gasteiger charge is 2.14. The number of amides is 1. The molecule has 2 aromatic carbocycles. The summed E-state index contributed by atoms with van der Waals surface area (Å²) >= 11 is 0. The van der Waals surface area contributed by atoms with Crippen molar-refractivity contribution in [2.24, 2.45) is 5.10 Å². The molecule has 0 aliphatic rings. The van der Waals surface area contributed by atoms with Crippen LogP contribution in [0.4, 0.5) is 5.69 Å². The molecule has 0 unspecified atom stereocenters. The van der Waals surface area contributed by atoms with E-state index in [9.17, 15) is 13.2 Å². The monoisotopic (exact) mass is 397 g/mol. The van der Waals surface area contributed by atoms with Crippen LogP contribution in [-0.2, 0) is 10.0 Å². The number of carbonyl (C=O) groups is 1. The summed E-state index contributed by atoms with van der Waals surface area (Å²) in [6.07, 6.45) is 1.40. The van der Waals surface area contributed by atoms with Gasteiger partial charge in [0.05, 0.1) is 11.1 Å². The molecule has 1 aromatic heterocycles. The third kappa shape index (κ3) is 4.86. The third-order valence-electron chi connectivity index (χ3n) is 3.85. The van der Waals surface area contributed by atoms with Gasteiger partial charge in [0.25, 0.3) is 15.9 Å². The van der Waals surface area contributed by atoms with E-state index in [0.29, 0.717) is 17.0 Å². The van der Waals surface area contributed by atoms with Gasteiger partial charge in [-0.3, -0.25) is 9.52 Å². The molecule has 0 fully saturated rings. The van der Waals surface area contributed by atoms with E-state index in [1.807, 2.05) is 13.8 Å². The van der Waals surface area contributed by atoms with E-state index < -0.39 is 15.9 Å². The SMILES string of the molecule is Cc1ccc(S(=O)(=O)Nc2ccc(C(=O)N/N=C/c3ccc(C)o3)cc2)cc1. The van der Waals surface area contributed by atoms with Crippen LogP contribution in [0.1, 0.15) is 27.4 Å². The largest absolute Gasteiger partial charge is 0.460 e. The maximum Gasteiger partial charge on any atom is 0.271 e. The van der Waals surface area contributed by atoms with Gasteiger partial charge in [-0.1, -0.05) is 17.7 Å². The van der Waals surface area contributed by atoms with Gasteiger partial charge in [-0.25, -0.2) is 13.8 Å². The van der Waals surface area contributed by atoms with E-state index in [-0.39, 0.29) is 4.90 Å². The van der Waals surface area contributed by atoms with E-state index in [2.05, 4.69) is 15.2 Å². The van der Waals surface area contributed by atoms with Crippen molar-refractivity contribution in [2.45, 2.75) is 18.7 Å². The van der Waals surface area contributed by atoms with Crippen molar-refractivity contribution in [3.8, 4) is 0 Å². The van der Waals surface area contributed by atoms with Gasteiger partial charge in [0.15, 0.2) is 0 Å². The molecular formula is C20H19N3O4S. The first-order chi connectivity index (χ1) is 13.3. The quantitative estimate of drug-likeness (QED) is 0.491. The molecular weight excluding hydrogens is 378 g/mol. The van der Waals surface area contributed by atoms with E-state index in [4.69, 9.17) is 4.42 Å². The molecule has 7 nitrogen and oxygen atoms in total. The molecule has 144 valence electrons. The van der Waals surface area contributed by atoms with Gasteiger partial charge in [0, 0.05) is 11.3 Å². The molecule has 28 heavy (non-hydrogen) atoms. The summed E-state index contributed by atoms with van der Waals surface area (Å²) in [5.74, 6) is 0.850. The van der Waals surface area contributed by atoms with Gasteiger partial charge in [-0.15, -0.1) is 0 Å². The fourth-order valence-corrected chi connectivity index (χ4v) is 3.42. The van der Waals surface area contributed by atoms with Gasteiger partial charge < -0.3 is 4.42 Å². The number of hydrogen-bond donors (Lipinski definition) is 2. The lowest BCUT2D eigenvalue weighted by molar-refractivity contribution is 0.0955. The Hall–Kier alpha value is -3.39. The Balaban J connectivity index is 1.63. The van der Waals surface area contributed by atoms with Crippen LogP contribution < -0.4 is 10.1 Å². The Bertz CT molecular complexity index is 1100. The highest BCUT2D eigenvalue weighted by molar-refractivity contribution is 7.92. The summed E-state index contributed by atoms with van der Waals surface area (Å²) in [5, 5.41) is 3.83. The van der Waals surface area contributed by atoms with Crippen molar-refractivity contribution >= 4 is 27.8 Å². The molecule has 8 heteroatoms. The topological polar surface area (TPSA) is 101 Å². The number of nitrogens with zero attached hydrogens (tertiary/aromatic N) is 1. The number of carbonyl (C=O) groups excluding carboxylic acids is 1. The fourth-order valence-electron chi connectivity index (χ4n) is 2.36. The second-order valence-corrected chi connectivity index (χ2v) is 7.83. The molecule has 0 aliphatic heterocycles. The van der Waals surface area contributed by atoms with Crippen molar-refractivity contribution in [3.05, 3.63) is 83.3 Å². The van der Waals surface area contributed by atoms with Gasteiger partial charge in [-0.05, 0) is 62.4 Å². The number of benzene rings is 2. The number of anilines is 1. The predicted octanol–water partition coefficient (Wildman–Crippen LogP) is 3.46. The molecule has 0 radical (unpaired) electrons. The minimum atomic E-state index is -3.69. The smallest absolute Gasteiger partial charge is 0.271 e. The van der Waals surface area contributed by atoms with E-state index in [1.54, 1.807) is 24.3 Å². The van der Waals surface area contributed by atoms with Crippen LogP contribution in [0.15, 0.2) is 75.1 Å². The Morgan fingerprint density at radius 1 is 0.964 bits per heavy atom. The van der Waals surface area contributed by atoms with Gasteiger partial charge >= 0.3 is 0 Å². The highest BCUT2D eigenvalue weighted by atomic mass is 32.2. The molecule has 0 bridgehead atoms. The highest BCUT2D eigenvalue weighted by Crippen LogP contribution is 2.17. The zero-order chi connectivity index (χ0) is 20.1. The van der Waals surface area contributed by atoms with Crippen molar-refractivity contribution in [1.82, 2.24) is 5.43 Å². The molecule has 0 saturated heterocycles. The number of hydrogen-bond acceptors (Lipinski definition) is 5. The first-order valence-electron chi connectivity index (χ1n) is 8.43. The summed E-state index contributed by atoms with van der Waals surface area (Å²) in [7, 11) is -3.69. The third-order valence-corrected chi connectivity index (χ3v) is 5.25. The Morgan fingerprint density at radius 3 is 2.25 bits per heavy atom. The van der Waals surface area contributed by atoms with Crippen molar-refractivity contribution in [3.63, 3.8) is 0 Å². The summed E-state index contributed by atoms with van der Waals surface area (Å²) in [4.78, 5) is 12.3. The van der Waals surface area contributed by atoms with Crippen molar-refractivity contribution in [2.75, 3.05) is 4.72 Å². The van der Waals surface area contributed by atoms with Crippen LogP contribution in [0, 0.1) is 13.8 Å². The molecule has 1 heterocycles. The van der Waals surface area contributed by atoms with Gasteiger partial charge in [0.2, 0.25) is 0 Å². The number of nitrogens with one attached hydrogen (secondary N) is 2. The Labute approximate surface area is 163 Å². The average molecular weight is 397 g/mol. The summed E-state index contributed by atoms with van der Waals surface area (Å²) < 4.78 is 32.6. The normalized spacial score (nSPS) is 11.5. The van der Waals surface area contributed by atoms with Crippen LogP contribution in [0.25, 0.3) is 0 Å². The van der Waals surface area contributed by atoms with E-state index in [0.717, 1.165) is 11.3 Å². The van der Waals surface area contributed by atoms with Crippen LogP contribution in [0.5, 0.6) is 0 Å².